The molecule has 0 saturated heterocycles. The van der Waals surface area contributed by atoms with E-state index in [0.717, 1.165) is 23.2 Å². The minimum absolute atomic E-state index is 0.116. The van der Waals surface area contributed by atoms with E-state index in [1.165, 1.54) is 5.56 Å². The number of nitrogens with zero attached hydrogens (tertiary/aromatic N) is 2. The van der Waals surface area contributed by atoms with E-state index < -0.39 is 0 Å². The van der Waals surface area contributed by atoms with Gasteiger partial charge in [0.15, 0.2) is 0 Å². The first-order valence-corrected chi connectivity index (χ1v) is 9.02. The van der Waals surface area contributed by atoms with Crippen LogP contribution in [0.3, 0.4) is 0 Å². The summed E-state index contributed by atoms with van der Waals surface area (Å²) in [6.45, 7) is 7.93. The molecule has 0 aliphatic carbocycles. The predicted octanol–water partition coefficient (Wildman–Crippen LogP) is 3.77. The number of carbonyl (C=O) groups excluding carboxylic acids is 1. The smallest absolute Gasteiger partial charge is 0.270 e. The predicted molar refractivity (Wildman–Crippen MR) is 104 cm³/mol. The van der Waals surface area contributed by atoms with Gasteiger partial charge >= 0.3 is 0 Å². The Balaban J connectivity index is 1.95. The molecule has 0 aliphatic heterocycles. The van der Waals surface area contributed by atoms with Crippen molar-refractivity contribution in [1.82, 2.24) is 14.7 Å². The van der Waals surface area contributed by atoms with Crippen LogP contribution >= 0.6 is 0 Å². The van der Waals surface area contributed by atoms with Crippen molar-refractivity contribution in [2.24, 2.45) is 0 Å². The molecule has 5 heteroatoms. The Morgan fingerprint density at radius 2 is 1.85 bits per heavy atom. The number of nitrogens with one attached hydrogen (secondary N) is 1. The highest BCUT2D eigenvalue weighted by Crippen LogP contribution is 2.25. The van der Waals surface area contributed by atoms with Gasteiger partial charge < -0.3 is 10.1 Å². The Morgan fingerprint density at radius 3 is 2.58 bits per heavy atom. The van der Waals surface area contributed by atoms with E-state index in [1.807, 2.05) is 67.8 Å². The summed E-state index contributed by atoms with van der Waals surface area (Å²) in [5.41, 5.74) is 5.25. The summed E-state index contributed by atoms with van der Waals surface area (Å²) in [5, 5.41) is 3.00. The molecular formula is C21H25N3O2. The van der Waals surface area contributed by atoms with Crippen molar-refractivity contribution < 1.29 is 9.53 Å². The van der Waals surface area contributed by atoms with Gasteiger partial charge in [0.2, 0.25) is 0 Å². The molecule has 0 unspecified atom stereocenters. The van der Waals surface area contributed by atoms with Gasteiger partial charge in [-0.3, -0.25) is 9.20 Å². The molecule has 0 bridgehead atoms. The second kappa shape index (κ2) is 8.15. The fraction of sp³-hybridized carbons (Fsp3) is 0.333. The van der Waals surface area contributed by atoms with Crippen LogP contribution in [0.2, 0.25) is 0 Å². The second-order valence-corrected chi connectivity index (χ2v) is 6.42. The molecule has 26 heavy (non-hydrogen) atoms. The van der Waals surface area contributed by atoms with E-state index in [2.05, 4.69) is 5.32 Å². The zero-order valence-electron chi connectivity index (χ0n) is 15.6. The van der Waals surface area contributed by atoms with Crippen LogP contribution in [0.15, 0.2) is 42.6 Å². The maximum absolute atomic E-state index is 12.9. The number of pyridine rings is 1. The van der Waals surface area contributed by atoms with E-state index in [9.17, 15) is 4.79 Å². The molecule has 1 amide bonds. The van der Waals surface area contributed by atoms with Gasteiger partial charge in [-0.1, -0.05) is 35.9 Å². The fourth-order valence-corrected chi connectivity index (χ4v) is 2.88. The second-order valence-electron chi connectivity index (χ2n) is 6.42. The third-order valence-corrected chi connectivity index (χ3v) is 4.26. The minimum atomic E-state index is -0.116. The highest BCUT2D eigenvalue weighted by molar-refractivity contribution is 5.99. The summed E-state index contributed by atoms with van der Waals surface area (Å²) < 4.78 is 7.20. The van der Waals surface area contributed by atoms with Gasteiger partial charge in [0.1, 0.15) is 17.0 Å². The number of ether oxygens (including phenoxy) is 1. The maximum atomic E-state index is 12.9. The van der Waals surface area contributed by atoms with Gasteiger partial charge in [-0.25, -0.2) is 4.98 Å². The van der Waals surface area contributed by atoms with Gasteiger partial charge in [0.05, 0.1) is 0 Å². The van der Waals surface area contributed by atoms with Gasteiger partial charge in [0.25, 0.3) is 5.91 Å². The van der Waals surface area contributed by atoms with Crippen molar-refractivity contribution in [3.8, 4) is 11.3 Å². The Labute approximate surface area is 154 Å². The zero-order chi connectivity index (χ0) is 18.5. The molecule has 0 radical (unpaired) electrons. The third-order valence-electron chi connectivity index (χ3n) is 4.26. The molecule has 0 saturated carbocycles. The Hall–Kier alpha value is -2.66. The molecule has 1 N–H and O–H groups in total. The summed E-state index contributed by atoms with van der Waals surface area (Å²) in [7, 11) is 0. The number of aromatic nitrogens is 2. The highest BCUT2D eigenvalue weighted by atomic mass is 16.5. The maximum Gasteiger partial charge on any atom is 0.270 e. The molecule has 0 fully saturated rings. The van der Waals surface area contributed by atoms with Crippen LogP contribution in [0.4, 0.5) is 0 Å². The zero-order valence-corrected chi connectivity index (χ0v) is 15.6. The van der Waals surface area contributed by atoms with Crippen molar-refractivity contribution in [2.45, 2.75) is 27.2 Å². The monoisotopic (exact) mass is 351 g/mol. The quantitative estimate of drug-likeness (QED) is 0.659. The normalized spacial score (nSPS) is 11.0. The topological polar surface area (TPSA) is 55.6 Å². The largest absolute Gasteiger partial charge is 0.382 e. The first kappa shape index (κ1) is 18.1. The third kappa shape index (κ3) is 3.94. The van der Waals surface area contributed by atoms with Crippen LogP contribution in [-0.2, 0) is 4.74 Å². The highest BCUT2D eigenvalue weighted by Gasteiger charge is 2.20. The van der Waals surface area contributed by atoms with Crippen LogP contribution in [0, 0.1) is 13.8 Å². The summed E-state index contributed by atoms with van der Waals surface area (Å²) in [6.07, 6.45) is 2.74. The van der Waals surface area contributed by atoms with E-state index in [1.54, 1.807) is 0 Å². The van der Waals surface area contributed by atoms with Crippen LogP contribution in [0.1, 0.15) is 35.0 Å². The van der Waals surface area contributed by atoms with E-state index in [-0.39, 0.29) is 5.91 Å². The molecule has 3 rings (SSSR count). The van der Waals surface area contributed by atoms with Crippen LogP contribution in [-0.4, -0.2) is 35.1 Å². The summed E-state index contributed by atoms with van der Waals surface area (Å²) >= 11 is 0. The van der Waals surface area contributed by atoms with E-state index in [0.29, 0.717) is 31.1 Å². The van der Waals surface area contributed by atoms with Crippen molar-refractivity contribution in [3.63, 3.8) is 0 Å². The Kier molecular flexibility index (Phi) is 5.68. The Bertz CT molecular complexity index is 898. The standard InChI is InChI=1S/C21H25N3O2/c1-4-26-13-5-12-22-21(25)20-19(17-9-6-15(2)7-10-17)23-18-11-8-16(3)14-24(18)20/h6-11,14H,4-5,12-13H2,1-3H3,(H,22,25). The number of hydrogen-bond acceptors (Lipinski definition) is 3. The average Bonchev–Trinajstić information content (AvgIpc) is 3.00. The molecule has 0 atom stereocenters. The lowest BCUT2D eigenvalue weighted by Gasteiger charge is -2.08. The van der Waals surface area contributed by atoms with Crippen molar-refractivity contribution >= 4 is 11.6 Å². The summed E-state index contributed by atoms with van der Waals surface area (Å²) in [5.74, 6) is -0.116. The minimum Gasteiger partial charge on any atom is -0.382 e. The summed E-state index contributed by atoms with van der Waals surface area (Å²) in [4.78, 5) is 17.6. The first-order valence-electron chi connectivity index (χ1n) is 9.02. The number of hydrogen-bond donors (Lipinski definition) is 1. The molecule has 136 valence electrons. The van der Waals surface area contributed by atoms with Crippen LogP contribution < -0.4 is 5.32 Å². The van der Waals surface area contributed by atoms with E-state index >= 15 is 0 Å². The molecule has 3 aromatic rings. The number of rotatable bonds is 7. The number of benzene rings is 1. The fourth-order valence-electron chi connectivity index (χ4n) is 2.88. The number of imidazole rings is 1. The molecule has 1 aromatic carbocycles. The molecule has 5 nitrogen and oxygen atoms in total. The molecule has 2 aromatic heterocycles. The van der Waals surface area contributed by atoms with Crippen molar-refractivity contribution in [3.05, 3.63) is 59.4 Å². The lowest BCUT2D eigenvalue weighted by molar-refractivity contribution is 0.0939. The molecule has 2 heterocycles. The van der Waals surface area contributed by atoms with Crippen LogP contribution in [0.25, 0.3) is 16.9 Å². The number of carbonyl (C=O) groups is 1. The molecular weight excluding hydrogens is 326 g/mol. The average molecular weight is 351 g/mol. The van der Waals surface area contributed by atoms with Crippen molar-refractivity contribution in [1.29, 1.82) is 0 Å². The van der Waals surface area contributed by atoms with Gasteiger partial charge in [-0.05, 0) is 38.8 Å². The van der Waals surface area contributed by atoms with Gasteiger partial charge in [-0.2, -0.15) is 0 Å². The number of fused-ring (bicyclic) bond motifs is 1. The lowest BCUT2D eigenvalue weighted by Crippen LogP contribution is -2.27. The van der Waals surface area contributed by atoms with Gasteiger partial charge in [0, 0.05) is 31.5 Å². The lowest BCUT2D eigenvalue weighted by atomic mass is 10.1. The van der Waals surface area contributed by atoms with E-state index in [4.69, 9.17) is 9.72 Å². The number of amides is 1. The van der Waals surface area contributed by atoms with Crippen LogP contribution in [0.5, 0.6) is 0 Å². The first-order chi connectivity index (χ1) is 12.6. The molecule has 0 spiro atoms. The SMILES string of the molecule is CCOCCCNC(=O)c1c(-c2ccc(C)cc2)nc2ccc(C)cn12. The number of aryl methyl sites for hydroxylation is 2. The Morgan fingerprint density at radius 1 is 1.12 bits per heavy atom. The van der Waals surface area contributed by atoms with Crippen molar-refractivity contribution in [2.75, 3.05) is 19.8 Å². The van der Waals surface area contributed by atoms with Gasteiger partial charge in [-0.15, -0.1) is 0 Å². The molecule has 0 aliphatic rings. The summed E-state index contributed by atoms with van der Waals surface area (Å²) in [6, 6.07) is 12.0.